The number of aryl methyl sites for hydroxylation is 1. The summed E-state index contributed by atoms with van der Waals surface area (Å²) < 4.78 is 8.50. The number of rotatable bonds is 4. The molecule has 1 fully saturated rings. The number of halogens is 1. The maximum absolute atomic E-state index is 5.92. The fraction of sp³-hybridized carbons (Fsp3) is 0.429. The SMILES string of the molecule is Cc1nn(-c2ccc(N)c(OCC3CC3)n2)c(C)c1Br. The first-order valence-electron chi connectivity index (χ1n) is 6.67. The first kappa shape index (κ1) is 13.4. The van der Waals surface area contributed by atoms with E-state index in [1.54, 1.807) is 4.68 Å². The number of hydrogen-bond donors (Lipinski definition) is 1. The third-order valence-electron chi connectivity index (χ3n) is 3.45. The van der Waals surface area contributed by atoms with E-state index in [4.69, 9.17) is 10.5 Å². The van der Waals surface area contributed by atoms with E-state index in [1.807, 2.05) is 26.0 Å². The molecule has 5 nitrogen and oxygen atoms in total. The molecule has 1 saturated carbocycles. The zero-order chi connectivity index (χ0) is 14.3. The van der Waals surface area contributed by atoms with Crippen molar-refractivity contribution < 1.29 is 4.74 Å². The Kier molecular flexibility index (Phi) is 3.41. The Hall–Kier alpha value is -1.56. The standard InChI is InChI=1S/C14H17BrN4O/c1-8-13(15)9(2)19(18-8)12-6-5-11(16)14(17-12)20-7-10-3-4-10/h5-6,10H,3-4,7,16H2,1-2H3. The second kappa shape index (κ2) is 5.09. The van der Waals surface area contributed by atoms with Crippen molar-refractivity contribution in [1.82, 2.24) is 14.8 Å². The van der Waals surface area contributed by atoms with Crippen molar-refractivity contribution in [1.29, 1.82) is 0 Å². The monoisotopic (exact) mass is 336 g/mol. The Bertz CT molecular complexity index is 649. The van der Waals surface area contributed by atoms with Crippen molar-refractivity contribution in [2.45, 2.75) is 26.7 Å². The molecule has 0 unspecified atom stereocenters. The van der Waals surface area contributed by atoms with Gasteiger partial charge < -0.3 is 10.5 Å². The lowest BCUT2D eigenvalue weighted by Crippen LogP contribution is -2.08. The Labute approximate surface area is 126 Å². The number of nitrogens with two attached hydrogens (primary N) is 1. The van der Waals surface area contributed by atoms with Gasteiger partial charge in [0.15, 0.2) is 5.82 Å². The molecule has 6 heteroatoms. The number of hydrogen-bond acceptors (Lipinski definition) is 4. The minimum atomic E-state index is 0.498. The van der Waals surface area contributed by atoms with Crippen LogP contribution in [0.25, 0.3) is 5.82 Å². The summed E-state index contributed by atoms with van der Waals surface area (Å²) in [4.78, 5) is 4.49. The first-order valence-corrected chi connectivity index (χ1v) is 7.47. The summed E-state index contributed by atoms with van der Waals surface area (Å²) in [6, 6.07) is 3.67. The minimum absolute atomic E-state index is 0.498. The summed E-state index contributed by atoms with van der Waals surface area (Å²) in [5.74, 6) is 1.89. The van der Waals surface area contributed by atoms with E-state index in [1.165, 1.54) is 12.8 Å². The second-order valence-corrected chi connectivity index (χ2v) is 6.01. The van der Waals surface area contributed by atoms with Crippen LogP contribution in [0, 0.1) is 19.8 Å². The van der Waals surface area contributed by atoms with Gasteiger partial charge in [0.25, 0.3) is 0 Å². The van der Waals surface area contributed by atoms with Gasteiger partial charge >= 0.3 is 0 Å². The average Bonchev–Trinajstić information content (AvgIpc) is 3.22. The number of nitrogens with zero attached hydrogens (tertiary/aromatic N) is 3. The van der Waals surface area contributed by atoms with Gasteiger partial charge in [-0.05, 0) is 60.7 Å². The zero-order valence-corrected chi connectivity index (χ0v) is 13.1. The molecule has 0 bridgehead atoms. The molecular formula is C14H17BrN4O. The summed E-state index contributed by atoms with van der Waals surface area (Å²) in [6.07, 6.45) is 2.48. The van der Waals surface area contributed by atoms with Crippen LogP contribution in [0.2, 0.25) is 0 Å². The van der Waals surface area contributed by atoms with Crippen LogP contribution in [0.4, 0.5) is 5.69 Å². The molecule has 2 N–H and O–H groups in total. The highest BCUT2D eigenvalue weighted by atomic mass is 79.9. The molecule has 0 saturated heterocycles. The topological polar surface area (TPSA) is 66.0 Å². The molecule has 2 aromatic heterocycles. The molecule has 0 aromatic carbocycles. The number of aromatic nitrogens is 3. The molecule has 1 aliphatic rings. The van der Waals surface area contributed by atoms with Crippen molar-refractivity contribution in [2.75, 3.05) is 12.3 Å². The van der Waals surface area contributed by atoms with Crippen LogP contribution in [0.3, 0.4) is 0 Å². The summed E-state index contributed by atoms with van der Waals surface area (Å²) in [5.41, 5.74) is 8.43. The average molecular weight is 337 g/mol. The van der Waals surface area contributed by atoms with E-state index >= 15 is 0 Å². The Morgan fingerprint density at radius 1 is 1.40 bits per heavy atom. The third-order valence-corrected chi connectivity index (χ3v) is 4.60. The third kappa shape index (κ3) is 2.52. The molecule has 0 spiro atoms. The maximum atomic E-state index is 5.92. The zero-order valence-electron chi connectivity index (χ0n) is 11.6. The number of pyridine rings is 1. The van der Waals surface area contributed by atoms with Gasteiger partial charge in [-0.25, -0.2) is 4.68 Å². The number of ether oxygens (including phenoxy) is 1. The molecule has 106 valence electrons. The molecule has 0 aliphatic heterocycles. The van der Waals surface area contributed by atoms with E-state index in [0.717, 1.165) is 21.7 Å². The molecule has 20 heavy (non-hydrogen) atoms. The van der Waals surface area contributed by atoms with Crippen LogP contribution in [0.1, 0.15) is 24.2 Å². The van der Waals surface area contributed by atoms with E-state index in [0.29, 0.717) is 24.1 Å². The van der Waals surface area contributed by atoms with E-state index in [2.05, 4.69) is 26.0 Å². The quantitative estimate of drug-likeness (QED) is 0.931. The predicted molar refractivity (Wildman–Crippen MR) is 81.2 cm³/mol. The lowest BCUT2D eigenvalue weighted by Gasteiger charge is -2.10. The maximum Gasteiger partial charge on any atom is 0.239 e. The van der Waals surface area contributed by atoms with Crippen LogP contribution in [-0.2, 0) is 0 Å². The van der Waals surface area contributed by atoms with Gasteiger partial charge in [0.1, 0.15) is 0 Å². The lowest BCUT2D eigenvalue weighted by molar-refractivity contribution is 0.290. The molecular weight excluding hydrogens is 320 g/mol. The van der Waals surface area contributed by atoms with Gasteiger partial charge in [-0.1, -0.05) is 0 Å². The largest absolute Gasteiger partial charge is 0.476 e. The highest BCUT2D eigenvalue weighted by Crippen LogP contribution is 2.31. The second-order valence-electron chi connectivity index (χ2n) is 5.21. The highest BCUT2D eigenvalue weighted by molar-refractivity contribution is 9.10. The Balaban J connectivity index is 1.92. The van der Waals surface area contributed by atoms with Crippen LogP contribution >= 0.6 is 15.9 Å². The van der Waals surface area contributed by atoms with E-state index in [-0.39, 0.29) is 0 Å². The van der Waals surface area contributed by atoms with Gasteiger partial charge in [-0.3, -0.25) is 0 Å². The van der Waals surface area contributed by atoms with Gasteiger partial charge in [0, 0.05) is 0 Å². The van der Waals surface area contributed by atoms with Crippen LogP contribution in [0.5, 0.6) is 5.88 Å². The van der Waals surface area contributed by atoms with Gasteiger partial charge in [0.2, 0.25) is 5.88 Å². The van der Waals surface area contributed by atoms with Gasteiger partial charge in [-0.15, -0.1) is 0 Å². The van der Waals surface area contributed by atoms with Crippen molar-refractivity contribution >= 4 is 21.6 Å². The normalized spacial score (nSPS) is 14.6. The minimum Gasteiger partial charge on any atom is -0.476 e. The summed E-state index contributed by atoms with van der Waals surface area (Å²) >= 11 is 3.52. The molecule has 1 aliphatic carbocycles. The van der Waals surface area contributed by atoms with Crippen LogP contribution in [-0.4, -0.2) is 21.4 Å². The van der Waals surface area contributed by atoms with Crippen molar-refractivity contribution in [2.24, 2.45) is 5.92 Å². The first-order chi connectivity index (χ1) is 9.56. The highest BCUT2D eigenvalue weighted by Gasteiger charge is 2.23. The van der Waals surface area contributed by atoms with Crippen LogP contribution < -0.4 is 10.5 Å². The molecule has 0 radical (unpaired) electrons. The summed E-state index contributed by atoms with van der Waals surface area (Å²) in [7, 11) is 0. The van der Waals surface area contributed by atoms with Crippen molar-refractivity contribution in [3.63, 3.8) is 0 Å². The summed E-state index contributed by atoms with van der Waals surface area (Å²) in [5, 5.41) is 4.47. The number of nitrogen functional groups attached to an aromatic ring is 1. The molecule has 3 rings (SSSR count). The summed E-state index contributed by atoms with van der Waals surface area (Å²) in [6.45, 7) is 4.64. The molecule has 0 atom stereocenters. The fourth-order valence-corrected chi connectivity index (χ4v) is 2.25. The Morgan fingerprint density at radius 3 is 2.75 bits per heavy atom. The van der Waals surface area contributed by atoms with Gasteiger partial charge in [0.05, 0.1) is 28.2 Å². The van der Waals surface area contributed by atoms with Crippen molar-refractivity contribution in [3.05, 3.63) is 28.0 Å². The fourth-order valence-electron chi connectivity index (χ4n) is 2.00. The van der Waals surface area contributed by atoms with E-state index in [9.17, 15) is 0 Å². The van der Waals surface area contributed by atoms with Gasteiger partial charge in [-0.2, -0.15) is 10.1 Å². The Morgan fingerprint density at radius 2 is 2.15 bits per heavy atom. The predicted octanol–water partition coefficient (Wildman–Crippen LogP) is 3.02. The molecule has 2 heterocycles. The lowest BCUT2D eigenvalue weighted by atomic mass is 10.3. The smallest absolute Gasteiger partial charge is 0.239 e. The van der Waals surface area contributed by atoms with E-state index < -0.39 is 0 Å². The molecule has 0 amide bonds. The number of anilines is 1. The van der Waals surface area contributed by atoms with Crippen LogP contribution in [0.15, 0.2) is 16.6 Å². The molecule has 2 aromatic rings. The van der Waals surface area contributed by atoms with Crippen molar-refractivity contribution in [3.8, 4) is 11.7 Å².